The Balaban J connectivity index is 1.75. The maximum Gasteiger partial charge on any atom is 0.322 e. The Kier molecular flexibility index (Phi) is 5.18. The molecule has 5 heteroatoms. The number of amides is 2. The average molecular weight is 327 g/mol. The summed E-state index contributed by atoms with van der Waals surface area (Å²) in [6.45, 7) is 2.91. The zero-order chi connectivity index (χ0) is 16.1. The number of pyridine rings is 1. The number of thioether (sulfide) groups is 1. The van der Waals surface area contributed by atoms with Gasteiger partial charge in [0.2, 0.25) is 0 Å². The molecule has 1 fully saturated rings. The number of likely N-dealkylation sites (tertiary alicyclic amines) is 1. The lowest BCUT2D eigenvalue weighted by Crippen LogP contribution is -2.34. The van der Waals surface area contributed by atoms with E-state index in [9.17, 15) is 4.79 Å². The fourth-order valence-electron chi connectivity index (χ4n) is 2.98. The number of rotatable bonds is 4. The first-order chi connectivity index (χ1) is 11.3. The molecular formula is C18H21N3OS. The average Bonchev–Trinajstić information content (AvgIpc) is 3.07. The van der Waals surface area contributed by atoms with Crippen LogP contribution in [-0.2, 0) is 0 Å². The molecule has 2 heterocycles. The van der Waals surface area contributed by atoms with Crippen LogP contribution in [0.2, 0.25) is 0 Å². The number of benzene rings is 1. The third-order valence-corrected chi connectivity index (χ3v) is 4.99. The van der Waals surface area contributed by atoms with Gasteiger partial charge in [0.15, 0.2) is 0 Å². The minimum atomic E-state index is -0.0199. The highest BCUT2D eigenvalue weighted by Crippen LogP contribution is 2.33. The molecule has 1 aromatic heterocycles. The molecule has 1 aromatic carbocycles. The van der Waals surface area contributed by atoms with Crippen molar-refractivity contribution in [1.29, 1.82) is 0 Å². The van der Waals surface area contributed by atoms with Crippen LogP contribution in [0.5, 0.6) is 0 Å². The van der Waals surface area contributed by atoms with Crippen LogP contribution < -0.4 is 5.32 Å². The van der Waals surface area contributed by atoms with Crippen molar-refractivity contribution in [2.24, 2.45) is 0 Å². The van der Waals surface area contributed by atoms with Gasteiger partial charge < -0.3 is 10.2 Å². The molecule has 3 rings (SSSR count). The molecule has 0 spiro atoms. The van der Waals surface area contributed by atoms with Crippen LogP contribution in [0.1, 0.15) is 31.4 Å². The van der Waals surface area contributed by atoms with Gasteiger partial charge in [-0.25, -0.2) is 4.79 Å². The predicted octanol–water partition coefficient (Wildman–Crippen LogP) is 4.56. The van der Waals surface area contributed by atoms with Gasteiger partial charge in [-0.05, 0) is 48.4 Å². The molecule has 2 aromatic rings. The van der Waals surface area contributed by atoms with Gasteiger partial charge in [-0.15, -0.1) is 11.8 Å². The maximum atomic E-state index is 12.7. The smallest absolute Gasteiger partial charge is 0.317 e. The summed E-state index contributed by atoms with van der Waals surface area (Å²) in [7, 11) is 0. The SMILES string of the molecule is CCSc1ccccc1NC(=O)N1CCCC1c1ccncc1. The first-order valence-electron chi connectivity index (χ1n) is 7.99. The van der Waals surface area contributed by atoms with Crippen molar-refractivity contribution >= 4 is 23.5 Å². The Bertz CT molecular complexity index is 662. The van der Waals surface area contributed by atoms with Crippen LogP contribution in [0.15, 0.2) is 53.7 Å². The predicted molar refractivity (Wildman–Crippen MR) is 94.8 cm³/mol. The van der Waals surface area contributed by atoms with E-state index in [1.807, 2.05) is 41.3 Å². The molecule has 23 heavy (non-hydrogen) atoms. The summed E-state index contributed by atoms with van der Waals surface area (Å²) in [6, 6.07) is 12.1. The van der Waals surface area contributed by atoms with Gasteiger partial charge in [0.25, 0.3) is 0 Å². The van der Waals surface area contributed by atoms with E-state index in [0.717, 1.165) is 41.3 Å². The maximum absolute atomic E-state index is 12.7. The summed E-state index contributed by atoms with van der Waals surface area (Å²) < 4.78 is 0. The molecule has 1 unspecified atom stereocenters. The van der Waals surface area contributed by atoms with Gasteiger partial charge in [0.1, 0.15) is 0 Å². The molecule has 1 N–H and O–H groups in total. The Labute approximate surface area is 141 Å². The van der Waals surface area contributed by atoms with Gasteiger partial charge in [-0.3, -0.25) is 4.98 Å². The largest absolute Gasteiger partial charge is 0.322 e. The fourth-order valence-corrected chi connectivity index (χ4v) is 3.74. The topological polar surface area (TPSA) is 45.2 Å². The summed E-state index contributed by atoms with van der Waals surface area (Å²) in [5.74, 6) is 0.982. The second-order valence-electron chi connectivity index (χ2n) is 5.49. The molecule has 0 aliphatic carbocycles. The van der Waals surface area contributed by atoms with Crippen molar-refractivity contribution in [3.05, 3.63) is 54.4 Å². The molecule has 0 radical (unpaired) electrons. The molecule has 1 aliphatic rings. The summed E-state index contributed by atoms with van der Waals surface area (Å²) in [5, 5.41) is 3.09. The van der Waals surface area contributed by atoms with Crippen LogP contribution in [0.25, 0.3) is 0 Å². The third kappa shape index (κ3) is 3.67. The molecule has 4 nitrogen and oxygen atoms in total. The first kappa shape index (κ1) is 15.9. The van der Waals surface area contributed by atoms with Crippen LogP contribution in [0.3, 0.4) is 0 Å². The van der Waals surface area contributed by atoms with Crippen molar-refractivity contribution in [2.75, 3.05) is 17.6 Å². The van der Waals surface area contributed by atoms with Gasteiger partial charge in [0, 0.05) is 23.8 Å². The fraction of sp³-hybridized carbons (Fsp3) is 0.333. The number of hydrogen-bond donors (Lipinski definition) is 1. The molecular weight excluding hydrogens is 306 g/mol. The number of carbonyl (C=O) groups is 1. The highest BCUT2D eigenvalue weighted by molar-refractivity contribution is 7.99. The quantitative estimate of drug-likeness (QED) is 0.837. The number of carbonyl (C=O) groups excluding carboxylic acids is 1. The summed E-state index contributed by atoms with van der Waals surface area (Å²) in [6.07, 6.45) is 5.61. The molecule has 0 saturated carbocycles. The van der Waals surface area contributed by atoms with E-state index in [4.69, 9.17) is 0 Å². The second-order valence-corrected chi connectivity index (χ2v) is 6.80. The number of anilines is 1. The second kappa shape index (κ2) is 7.51. The Hall–Kier alpha value is -2.01. The highest BCUT2D eigenvalue weighted by Gasteiger charge is 2.30. The number of nitrogens with one attached hydrogen (secondary N) is 1. The Morgan fingerprint density at radius 3 is 2.87 bits per heavy atom. The number of nitrogens with zero attached hydrogens (tertiary/aromatic N) is 2. The van der Waals surface area contributed by atoms with Crippen molar-refractivity contribution < 1.29 is 4.79 Å². The molecule has 1 aliphatic heterocycles. The monoisotopic (exact) mass is 327 g/mol. The zero-order valence-corrected chi connectivity index (χ0v) is 14.1. The number of urea groups is 1. The van der Waals surface area contributed by atoms with E-state index in [-0.39, 0.29) is 12.1 Å². The summed E-state index contributed by atoms with van der Waals surface area (Å²) >= 11 is 1.74. The van der Waals surface area contributed by atoms with Gasteiger partial charge in [0.05, 0.1) is 11.7 Å². The van der Waals surface area contributed by atoms with Crippen LogP contribution in [0, 0.1) is 0 Å². The third-order valence-electron chi connectivity index (χ3n) is 4.03. The zero-order valence-electron chi connectivity index (χ0n) is 13.2. The minimum Gasteiger partial charge on any atom is -0.317 e. The highest BCUT2D eigenvalue weighted by atomic mass is 32.2. The number of hydrogen-bond acceptors (Lipinski definition) is 3. The summed E-state index contributed by atoms with van der Waals surface area (Å²) in [4.78, 5) is 19.9. The Morgan fingerprint density at radius 1 is 1.30 bits per heavy atom. The number of para-hydroxylation sites is 1. The lowest BCUT2D eigenvalue weighted by molar-refractivity contribution is 0.207. The van der Waals surface area contributed by atoms with E-state index < -0.39 is 0 Å². The van der Waals surface area contributed by atoms with Crippen molar-refractivity contribution in [1.82, 2.24) is 9.88 Å². The first-order valence-corrected chi connectivity index (χ1v) is 8.97. The van der Waals surface area contributed by atoms with Gasteiger partial charge >= 0.3 is 6.03 Å². The van der Waals surface area contributed by atoms with E-state index in [0.29, 0.717) is 0 Å². The standard InChI is InChI=1S/C18H21N3OS/c1-2-23-17-8-4-3-6-15(17)20-18(22)21-13-5-7-16(21)14-9-11-19-12-10-14/h3-4,6,8-12,16H,2,5,7,13H2,1H3,(H,20,22). The van der Waals surface area contributed by atoms with Crippen molar-refractivity contribution in [3.63, 3.8) is 0 Å². The molecule has 1 atom stereocenters. The van der Waals surface area contributed by atoms with E-state index in [1.165, 1.54) is 0 Å². The minimum absolute atomic E-state index is 0.0199. The van der Waals surface area contributed by atoms with Crippen LogP contribution in [-0.4, -0.2) is 28.2 Å². The molecule has 1 saturated heterocycles. The Morgan fingerprint density at radius 2 is 2.09 bits per heavy atom. The van der Waals surface area contributed by atoms with Crippen LogP contribution in [0.4, 0.5) is 10.5 Å². The number of aromatic nitrogens is 1. The van der Waals surface area contributed by atoms with E-state index >= 15 is 0 Å². The molecule has 120 valence electrons. The lowest BCUT2D eigenvalue weighted by atomic mass is 10.1. The van der Waals surface area contributed by atoms with E-state index in [1.54, 1.807) is 24.2 Å². The van der Waals surface area contributed by atoms with Crippen molar-refractivity contribution in [3.8, 4) is 0 Å². The van der Waals surface area contributed by atoms with Gasteiger partial charge in [-0.2, -0.15) is 0 Å². The van der Waals surface area contributed by atoms with Crippen LogP contribution >= 0.6 is 11.8 Å². The normalized spacial score (nSPS) is 17.3. The summed E-state index contributed by atoms with van der Waals surface area (Å²) in [5.41, 5.74) is 2.05. The molecule has 2 amide bonds. The van der Waals surface area contributed by atoms with Crippen molar-refractivity contribution in [2.45, 2.75) is 30.7 Å². The van der Waals surface area contributed by atoms with E-state index in [2.05, 4.69) is 17.2 Å². The molecule has 0 bridgehead atoms. The lowest BCUT2D eigenvalue weighted by Gasteiger charge is -2.25. The van der Waals surface area contributed by atoms with Gasteiger partial charge in [-0.1, -0.05) is 19.1 Å².